The highest BCUT2D eigenvalue weighted by Gasteiger charge is 2.13. The number of sulfonamides is 1. The highest BCUT2D eigenvalue weighted by molar-refractivity contribution is 7.89. The molecule has 0 heterocycles. The van der Waals surface area contributed by atoms with E-state index in [1.54, 1.807) is 6.92 Å². The quantitative estimate of drug-likeness (QED) is 0.574. The largest absolute Gasteiger partial charge is 0.274 e. The van der Waals surface area contributed by atoms with Crippen LogP contribution in [0.25, 0.3) is 0 Å². The van der Waals surface area contributed by atoms with Gasteiger partial charge in [0, 0.05) is 12.1 Å². The second-order valence-corrected chi connectivity index (χ2v) is 5.30. The van der Waals surface area contributed by atoms with Crippen molar-refractivity contribution in [2.24, 2.45) is 0 Å². The number of hydroxylamine groups is 1. The van der Waals surface area contributed by atoms with Gasteiger partial charge in [0.25, 0.3) is 5.91 Å². The number of hydrogen-bond acceptors (Lipinski definition) is 4. The summed E-state index contributed by atoms with van der Waals surface area (Å²) < 4.78 is 25.9. The molecule has 0 unspecified atom stereocenters. The highest BCUT2D eigenvalue weighted by Crippen LogP contribution is 2.10. The summed E-state index contributed by atoms with van der Waals surface area (Å²) in [6.07, 6.45) is 1.45. The van der Waals surface area contributed by atoms with Crippen LogP contribution in [0.3, 0.4) is 0 Å². The minimum atomic E-state index is -3.57. The number of nitrogens with one attached hydrogen (secondary N) is 2. The van der Waals surface area contributed by atoms with E-state index in [1.165, 1.54) is 30.3 Å². The maximum atomic E-state index is 11.8. The van der Waals surface area contributed by atoms with Crippen LogP contribution in [-0.2, 0) is 14.9 Å². The van der Waals surface area contributed by atoms with Crippen molar-refractivity contribution in [2.45, 2.75) is 11.8 Å². The van der Waals surface area contributed by atoms with Crippen molar-refractivity contribution in [1.29, 1.82) is 0 Å². The molecule has 19 heavy (non-hydrogen) atoms. The lowest BCUT2D eigenvalue weighted by atomic mass is 10.2. The van der Waals surface area contributed by atoms with Gasteiger partial charge >= 0.3 is 0 Å². The van der Waals surface area contributed by atoms with Gasteiger partial charge in [-0.2, -0.15) is 0 Å². The zero-order valence-corrected chi connectivity index (χ0v) is 11.4. The van der Waals surface area contributed by atoms with Gasteiger partial charge in [0.1, 0.15) is 0 Å². The summed E-state index contributed by atoms with van der Waals surface area (Å²) in [6, 6.07) is 5.53. The summed E-state index contributed by atoms with van der Waals surface area (Å²) in [4.78, 5) is 16.4. The second kappa shape index (κ2) is 7.03. The number of benzene rings is 1. The first kappa shape index (κ1) is 15.4. The van der Waals surface area contributed by atoms with E-state index in [9.17, 15) is 13.2 Å². The molecule has 0 aliphatic heterocycles. The Bertz CT molecular complexity index is 537. The molecule has 0 atom stereocenters. The molecule has 0 radical (unpaired) electrons. The zero-order chi connectivity index (χ0) is 14.3. The molecule has 0 saturated heterocycles. The Balaban J connectivity index is 2.81. The molecule has 0 aliphatic rings. The van der Waals surface area contributed by atoms with Crippen LogP contribution < -0.4 is 10.2 Å². The SMILES string of the molecule is C=CCNS(=O)(=O)c1ccc(C(=O)NOCC)cc1. The summed E-state index contributed by atoms with van der Waals surface area (Å²) in [7, 11) is -3.57. The number of rotatable bonds is 7. The van der Waals surface area contributed by atoms with Gasteiger partial charge in [-0.15, -0.1) is 6.58 Å². The molecule has 0 aromatic heterocycles. The van der Waals surface area contributed by atoms with Gasteiger partial charge in [-0.3, -0.25) is 9.63 Å². The van der Waals surface area contributed by atoms with Crippen LogP contribution in [0.4, 0.5) is 0 Å². The maximum Gasteiger partial charge on any atom is 0.274 e. The summed E-state index contributed by atoms with van der Waals surface area (Å²) >= 11 is 0. The summed E-state index contributed by atoms with van der Waals surface area (Å²) in [5.74, 6) is -0.426. The van der Waals surface area contributed by atoms with Crippen LogP contribution in [0, 0.1) is 0 Å². The first-order valence-electron chi connectivity index (χ1n) is 5.64. The summed E-state index contributed by atoms with van der Waals surface area (Å²) in [5.41, 5.74) is 2.54. The molecule has 0 bridgehead atoms. The van der Waals surface area contributed by atoms with Gasteiger partial charge in [0.05, 0.1) is 11.5 Å². The van der Waals surface area contributed by atoms with Crippen molar-refractivity contribution in [3.05, 3.63) is 42.5 Å². The first-order chi connectivity index (χ1) is 9.01. The molecule has 7 heteroatoms. The Morgan fingerprint density at radius 2 is 2.00 bits per heavy atom. The van der Waals surface area contributed by atoms with Gasteiger partial charge in [0.15, 0.2) is 0 Å². The van der Waals surface area contributed by atoms with Gasteiger partial charge in [-0.05, 0) is 31.2 Å². The lowest BCUT2D eigenvalue weighted by Gasteiger charge is -2.06. The Morgan fingerprint density at radius 3 is 2.53 bits per heavy atom. The predicted molar refractivity (Wildman–Crippen MR) is 70.9 cm³/mol. The molecule has 0 fully saturated rings. The molecule has 0 spiro atoms. The lowest BCUT2D eigenvalue weighted by Crippen LogP contribution is -2.25. The molecular formula is C12H16N2O4S. The average Bonchev–Trinajstić information content (AvgIpc) is 2.42. The van der Waals surface area contributed by atoms with Crippen molar-refractivity contribution < 1.29 is 18.0 Å². The van der Waals surface area contributed by atoms with Crippen LogP contribution >= 0.6 is 0 Å². The number of carbonyl (C=O) groups is 1. The third-order valence-electron chi connectivity index (χ3n) is 2.15. The van der Waals surface area contributed by atoms with E-state index < -0.39 is 15.9 Å². The molecule has 1 aromatic carbocycles. The Morgan fingerprint density at radius 1 is 1.37 bits per heavy atom. The van der Waals surface area contributed by atoms with Crippen molar-refractivity contribution in [3.8, 4) is 0 Å². The van der Waals surface area contributed by atoms with Crippen LogP contribution in [-0.4, -0.2) is 27.5 Å². The monoisotopic (exact) mass is 284 g/mol. The van der Waals surface area contributed by atoms with Gasteiger partial charge in [0.2, 0.25) is 10.0 Å². The van der Waals surface area contributed by atoms with E-state index in [0.717, 1.165) is 0 Å². The predicted octanol–water partition coefficient (Wildman–Crippen LogP) is 0.832. The van der Waals surface area contributed by atoms with Crippen molar-refractivity contribution in [3.63, 3.8) is 0 Å². The van der Waals surface area contributed by atoms with Gasteiger partial charge < -0.3 is 0 Å². The summed E-state index contributed by atoms with van der Waals surface area (Å²) in [6.45, 7) is 5.67. The van der Waals surface area contributed by atoms with E-state index >= 15 is 0 Å². The smallest absolute Gasteiger partial charge is 0.274 e. The number of amides is 1. The van der Waals surface area contributed by atoms with Crippen molar-refractivity contribution >= 4 is 15.9 Å². The maximum absolute atomic E-state index is 11.8. The van der Waals surface area contributed by atoms with E-state index in [1.807, 2.05) is 0 Å². The second-order valence-electron chi connectivity index (χ2n) is 3.53. The normalized spacial score (nSPS) is 11.0. The minimum absolute atomic E-state index is 0.0855. The van der Waals surface area contributed by atoms with Gasteiger partial charge in [-0.1, -0.05) is 6.08 Å². The average molecular weight is 284 g/mol. The molecule has 1 aromatic rings. The zero-order valence-electron chi connectivity index (χ0n) is 10.5. The molecule has 1 rings (SSSR count). The fraction of sp³-hybridized carbons (Fsp3) is 0.250. The Hall–Kier alpha value is -1.70. The Kier molecular flexibility index (Phi) is 5.68. The third kappa shape index (κ3) is 4.47. The minimum Gasteiger partial charge on any atom is -0.274 e. The molecule has 1 amide bonds. The number of hydrogen-bond donors (Lipinski definition) is 2. The topological polar surface area (TPSA) is 84.5 Å². The molecule has 6 nitrogen and oxygen atoms in total. The van der Waals surface area contributed by atoms with Crippen LogP contribution in [0.5, 0.6) is 0 Å². The lowest BCUT2D eigenvalue weighted by molar-refractivity contribution is 0.0364. The first-order valence-corrected chi connectivity index (χ1v) is 7.12. The molecular weight excluding hydrogens is 268 g/mol. The third-order valence-corrected chi connectivity index (χ3v) is 3.59. The standard InChI is InChI=1S/C12H16N2O4S/c1-3-9-13-19(16,17)11-7-5-10(6-8-11)12(15)14-18-4-2/h3,5-8,13H,1,4,9H2,2H3,(H,14,15). The van der Waals surface area contributed by atoms with E-state index in [0.29, 0.717) is 12.2 Å². The molecule has 0 aliphatic carbocycles. The molecule has 0 saturated carbocycles. The summed E-state index contributed by atoms with van der Waals surface area (Å²) in [5, 5.41) is 0. The highest BCUT2D eigenvalue weighted by atomic mass is 32.2. The number of carbonyl (C=O) groups excluding carboxylic acids is 1. The van der Waals surface area contributed by atoms with E-state index in [4.69, 9.17) is 4.84 Å². The van der Waals surface area contributed by atoms with Crippen LogP contribution in [0.1, 0.15) is 17.3 Å². The molecule has 104 valence electrons. The van der Waals surface area contributed by atoms with E-state index in [2.05, 4.69) is 16.8 Å². The molecule has 2 N–H and O–H groups in total. The van der Waals surface area contributed by atoms with Crippen molar-refractivity contribution in [2.75, 3.05) is 13.2 Å². The van der Waals surface area contributed by atoms with Gasteiger partial charge in [-0.25, -0.2) is 18.6 Å². The Labute approximate surface area is 112 Å². The van der Waals surface area contributed by atoms with Crippen LogP contribution in [0.2, 0.25) is 0 Å². The van der Waals surface area contributed by atoms with E-state index in [-0.39, 0.29) is 11.4 Å². The van der Waals surface area contributed by atoms with Crippen molar-refractivity contribution in [1.82, 2.24) is 10.2 Å². The fourth-order valence-electron chi connectivity index (χ4n) is 1.23. The fourth-order valence-corrected chi connectivity index (χ4v) is 2.23. The van der Waals surface area contributed by atoms with Crippen LogP contribution in [0.15, 0.2) is 41.8 Å².